The van der Waals surface area contributed by atoms with Crippen LogP contribution in [0.5, 0.6) is 11.6 Å². The second-order valence-electron chi connectivity index (χ2n) is 14.0. The molecule has 1 aromatic heterocycles. The fourth-order valence-corrected chi connectivity index (χ4v) is 6.81. The van der Waals surface area contributed by atoms with Crippen molar-refractivity contribution in [2.24, 2.45) is 0 Å². The van der Waals surface area contributed by atoms with Gasteiger partial charge >= 0.3 is 5.97 Å². The predicted molar refractivity (Wildman–Crippen MR) is 211 cm³/mol. The molecule has 5 aromatic carbocycles. The number of hydrogen-bond donors (Lipinski definition) is 2. The van der Waals surface area contributed by atoms with E-state index in [1.165, 1.54) is 7.11 Å². The molecule has 2 N–H and O–H groups in total. The van der Waals surface area contributed by atoms with Crippen molar-refractivity contribution in [3.8, 4) is 11.6 Å². The summed E-state index contributed by atoms with van der Waals surface area (Å²) in [5.41, 5.74) is 4.40. The average Bonchev–Trinajstić information content (AvgIpc) is 3.58. The number of rotatable bonds is 18. The topological polar surface area (TPSA) is 114 Å². The van der Waals surface area contributed by atoms with Crippen molar-refractivity contribution < 1.29 is 47.0 Å². The Bertz CT molecular complexity index is 2180. The number of aromatic amines is 1. The first-order valence-corrected chi connectivity index (χ1v) is 19.0. The summed E-state index contributed by atoms with van der Waals surface area (Å²) in [4.78, 5) is 0. The Morgan fingerprint density at radius 1 is 0.690 bits per heavy atom. The van der Waals surface area contributed by atoms with Crippen LogP contribution in [-0.4, -0.2) is 59.4 Å². The van der Waals surface area contributed by atoms with Crippen molar-refractivity contribution in [1.82, 2.24) is 10.2 Å². The van der Waals surface area contributed by atoms with Gasteiger partial charge in [0.2, 0.25) is 5.88 Å². The largest absolute Gasteiger partial charge is 0.494 e. The lowest BCUT2D eigenvalue weighted by molar-refractivity contribution is -0.436. The minimum Gasteiger partial charge on any atom is -0.494 e. The number of aryl methyl sites for hydroxylation is 1. The van der Waals surface area contributed by atoms with E-state index < -0.39 is 42.0 Å². The fraction of sp³-hybridized carbons (Fsp3) is 0.283. The van der Waals surface area contributed by atoms with Crippen LogP contribution in [0.1, 0.15) is 39.1 Å². The highest BCUT2D eigenvalue weighted by atomic mass is 19.1. The van der Waals surface area contributed by atoms with Crippen LogP contribution in [0.4, 0.5) is 8.78 Å². The van der Waals surface area contributed by atoms with Gasteiger partial charge in [0.1, 0.15) is 24.1 Å². The van der Waals surface area contributed by atoms with Crippen LogP contribution in [0.15, 0.2) is 133 Å². The molecule has 302 valence electrons. The summed E-state index contributed by atoms with van der Waals surface area (Å²) < 4.78 is 74.2. The number of nitrogens with one attached hydrogen (secondary N) is 1. The zero-order valence-electron chi connectivity index (χ0n) is 32.3. The molecule has 58 heavy (non-hydrogen) atoms. The van der Waals surface area contributed by atoms with Gasteiger partial charge in [-0.05, 0) is 40.8 Å². The number of nitrogens with zero attached hydrogens (tertiary/aromatic N) is 1. The molecule has 1 aliphatic heterocycles. The van der Waals surface area contributed by atoms with Crippen LogP contribution in [-0.2, 0) is 56.5 Å². The molecule has 2 heterocycles. The molecule has 0 radical (unpaired) electrons. The van der Waals surface area contributed by atoms with E-state index in [0.717, 1.165) is 34.4 Å². The van der Waals surface area contributed by atoms with Crippen molar-refractivity contribution >= 4 is 0 Å². The number of methoxy groups -OCH3 is 1. The lowest BCUT2D eigenvalue weighted by atomic mass is 9.96. The van der Waals surface area contributed by atoms with Gasteiger partial charge in [-0.3, -0.25) is 5.10 Å². The molecule has 12 heteroatoms. The molecule has 1 saturated heterocycles. The third kappa shape index (κ3) is 10.1. The Kier molecular flexibility index (Phi) is 13.6. The molecule has 0 aliphatic carbocycles. The minimum absolute atomic E-state index is 0.0201. The van der Waals surface area contributed by atoms with Crippen LogP contribution >= 0.6 is 0 Å². The Hall–Kier alpha value is -5.47. The second kappa shape index (κ2) is 19.3. The normalized spacial score (nSPS) is 20.5. The molecule has 10 nitrogen and oxygen atoms in total. The van der Waals surface area contributed by atoms with E-state index >= 15 is 4.39 Å². The standard InChI is InChI=1S/C46H46F2N2O8/c1-31-37(23-36-24-39(48)40(52-2)25-38(36)47)45(50-49-31)58-46(51)44(56-29-35-21-13-6-14-22-35)43(55-28-34-19-11-5-12-20-34)42(54-27-33-17-9-4-10-18-33)41(57-46)30-53-26-32-15-7-3-8-16-32/h3-22,24-25,41-44,51H,23,26-30H2,1-2H3,(H,49,50)/t41-,42-,43+,44-,46-/m1/s1. The summed E-state index contributed by atoms with van der Waals surface area (Å²) >= 11 is 0. The minimum atomic E-state index is -2.58. The SMILES string of the molecule is COc1cc(F)c(Cc2c(O[C@]3(O)O[C@H](COCc4ccccc4)[C@@H](OCc4ccccc4)[C@H](OCc4ccccc4)[C@H]3OCc3ccccc3)n[nH]c2C)cc1F. The summed E-state index contributed by atoms with van der Waals surface area (Å²) in [6.07, 6.45) is -4.36. The summed E-state index contributed by atoms with van der Waals surface area (Å²) in [5.74, 6) is -4.34. The van der Waals surface area contributed by atoms with Crippen LogP contribution in [0.3, 0.4) is 0 Å². The highest BCUT2D eigenvalue weighted by Crippen LogP contribution is 2.39. The van der Waals surface area contributed by atoms with E-state index in [0.29, 0.717) is 11.3 Å². The van der Waals surface area contributed by atoms with Crippen LogP contribution in [0, 0.1) is 18.6 Å². The van der Waals surface area contributed by atoms with Gasteiger partial charge in [0, 0.05) is 23.7 Å². The maximum atomic E-state index is 15.3. The number of H-pyrrole nitrogens is 1. The number of benzene rings is 5. The molecule has 0 amide bonds. The van der Waals surface area contributed by atoms with Crippen LogP contribution < -0.4 is 9.47 Å². The van der Waals surface area contributed by atoms with Crippen molar-refractivity contribution in [2.75, 3.05) is 13.7 Å². The summed E-state index contributed by atoms with van der Waals surface area (Å²) in [5, 5.41) is 20.0. The number of hydrogen-bond acceptors (Lipinski definition) is 9. The highest BCUT2D eigenvalue weighted by Gasteiger charge is 2.59. The van der Waals surface area contributed by atoms with Gasteiger partial charge < -0.3 is 38.3 Å². The predicted octanol–water partition coefficient (Wildman–Crippen LogP) is 7.99. The molecule has 7 rings (SSSR count). The molecule has 0 bridgehead atoms. The van der Waals surface area contributed by atoms with Crippen molar-refractivity contribution in [3.05, 3.63) is 184 Å². The Morgan fingerprint density at radius 2 is 1.21 bits per heavy atom. The van der Waals surface area contributed by atoms with Gasteiger partial charge in [0.05, 0.1) is 40.1 Å². The number of halogens is 2. The maximum Gasteiger partial charge on any atom is 0.356 e. The van der Waals surface area contributed by atoms with Crippen LogP contribution in [0.2, 0.25) is 0 Å². The monoisotopic (exact) mass is 792 g/mol. The molecule has 1 aliphatic rings. The van der Waals surface area contributed by atoms with Crippen molar-refractivity contribution in [3.63, 3.8) is 0 Å². The Morgan fingerprint density at radius 3 is 1.76 bits per heavy atom. The molecular weight excluding hydrogens is 747 g/mol. The summed E-state index contributed by atoms with van der Waals surface area (Å²) in [6.45, 7) is 2.27. The second-order valence-corrected chi connectivity index (χ2v) is 14.0. The van der Waals surface area contributed by atoms with Gasteiger partial charge in [-0.2, -0.15) is 0 Å². The molecular formula is C46H46F2N2O8. The zero-order chi connectivity index (χ0) is 40.3. The van der Waals surface area contributed by atoms with E-state index in [-0.39, 0.29) is 56.6 Å². The first kappa shape index (κ1) is 40.7. The summed E-state index contributed by atoms with van der Waals surface area (Å²) in [6, 6.07) is 40.4. The van der Waals surface area contributed by atoms with Gasteiger partial charge in [0.25, 0.3) is 0 Å². The molecule has 5 atom stereocenters. The zero-order valence-corrected chi connectivity index (χ0v) is 32.3. The van der Waals surface area contributed by atoms with Gasteiger partial charge in [-0.1, -0.05) is 121 Å². The Labute approximate surface area is 336 Å². The molecule has 0 saturated carbocycles. The van der Waals surface area contributed by atoms with Gasteiger partial charge in [-0.25, -0.2) is 8.78 Å². The van der Waals surface area contributed by atoms with E-state index in [9.17, 15) is 9.50 Å². The van der Waals surface area contributed by atoms with Crippen LogP contribution in [0.25, 0.3) is 0 Å². The van der Waals surface area contributed by atoms with E-state index in [4.69, 9.17) is 33.2 Å². The molecule has 0 unspecified atom stereocenters. The van der Waals surface area contributed by atoms with E-state index in [1.54, 1.807) is 6.92 Å². The summed E-state index contributed by atoms with van der Waals surface area (Å²) in [7, 11) is 1.26. The van der Waals surface area contributed by atoms with Crippen molar-refractivity contribution in [1.29, 1.82) is 0 Å². The first-order valence-electron chi connectivity index (χ1n) is 19.0. The quantitative estimate of drug-likeness (QED) is 0.0837. The van der Waals surface area contributed by atoms with Crippen molar-refractivity contribution in [2.45, 2.75) is 70.2 Å². The number of aromatic nitrogens is 2. The number of ether oxygens (including phenoxy) is 7. The third-order valence-electron chi connectivity index (χ3n) is 9.87. The highest BCUT2D eigenvalue weighted by molar-refractivity contribution is 5.39. The number of aliphatic hydroxyl groups is 1. The smallest absolute Gasteiger partial charge is 0.356 e. The lowest BCUT2D eigenvalue weighted by Crippen LogP contribution is -2.69. The average molecular weight is 793 g/mol. The Balaban J connectivity index is 1.27. The first-order chi connectivity index (χ1) is 28.3. The molecule has 6 aromatic rings. The van der Waals surface area contributed by atoms with E-state index in [1.807, 2.05) is 121 Å². The van der Waals surface area contributed by atoms with Gasteiger partial charge in [-0.15, -0.1) is 5.10 Å². The van der Waals surface area contributed by atoms with E-state index in [2.05, 4.69) is 10.2 Å². The fourth-order valence-electron chi connectivity index (χ4n) is 6.81. The van der Waals surface area contributed by atoms with Gasteiger partial charge in [0.15, 0.2) is 17.7 Å². The molecule has 1 fully saturated rings. The third-order valence-corrected chi connectivity index (χ3v) is 9.87. The molecule has 0 spiro atoms. The maximum absolute atomic E-state index is 15.3. The lowest BCUT2D eigenvalue weighted by Gasteiger charge is -2.49.